The van der Waals surface area contributed by atoms with Crippen LogP contribution in [0.5, 0.6) is 5.75 Å². The minimum atomic E-state index is -3.84. The molecule has 232 valence electrons. The number of methoxy groups -OCH3 is 1. The fraction of sp³-hybridized carbons (Fsp3) is 0.667. The summed E-state index contributed by atoms with van der Waals surface area (Å²) in [7, 11) is -2.04. The molecule has 42 heavy (non-hydrogen) atoms. The fourth-order valence-electron chi connectivity index (χ4n) is 7.28. The first-order valence-corrected chi connectivity index (χ1v) is 17.7. The van der Waals surface area contributed by atoms with Crippen molar-refractivity contribution in [3.05, 3.63) is 47.1 Å². The van der Waals surface area contributed by atoms with E-state index >= 15 is 0 Å². The normalized spacial score (nSPS) is 33.6. The van der Waals surface area contributed by atoms with Crippen LogP contribution in [-0.4, -0.2) is 57.9 Å². The fourth-order valence-corrected chi connectivity index (χ4v) is 8.85. The van der Waals surface area contributed by atoms with E-state index < -0.39 is 21.2 Å². The van der Waals surface area contributed by atoms with E-state index in [0.717, 1.165) is 75.9 Å². The maximum absolute atomic E-state index is 13.3. The minimum absolute atomic E-state index is 0.0203. The number of carbonyl (C=O) groups excluding carboxylic acids is 1. The number of allylic oxidation sites excluding steroid dienone is 3. The maximum Gasteiger partial charge on any atom is 0.264 e. The molecule has 7 atom stereocenters. The molecule has 0 spiro atoms. The average Bonchev–Trinajstić information content (AvgIpc) is 3.12. The molecule has 1 aromatic rings. The molecule has 2 heterocycles. The summed E-state index contributed by atoms with van der Waals surface area (Å²) in [6.45, 7) is 7.98. The van der Waals surface area contributed by atoms with Gasteiger partial charge in [-0.05, 0) is 87.0 Å². The number of rotatable bonds is 4. The van der Waals surface area contributed by atoms with Crippen molar-refractivity contribution in [2.45, 2.75) is 88.9 Å². The van der Waals surface area contributed by atoms with E-state index in [0.29, 0.717) is 24.0 Å². The molecule has 1 saturated carbocycles. The van der Waals surface area contributed by atoms with Gasteiger partial charge in [0.25, 0.3) is 5.91 Å². The van der Waals surface area contributed by atoms with Gasteiger partial charge in [0.15, 0.2) is 0 Å². The molecular formula is C33H47ClN2O5S. The quantitative estimate of drug-likeness (QED) is 0.389. The highest BCUT2D eigenvalue weighted by atomic mass is 35.5. The number of anilines is 1. The Bertz CT molecular complexity index is 1310. The molecule has 2 aliphatic heterocycles. The molecule has 2 aliphatic carbocycles. The number of ether oxygens (including phenoxy) is 2. The smallest absolute Gasteiger partial charge is 0.264 e. The molecule has 0 radical (unpaired) electrons. The first-order valence-electron chi connectivity index (χ1n) is 15.8. The molecule has 5 rings (SSSR count). The monoisotopic (exact) mass is 618 g/mol. The first kappa shape index (κ1) is 31.4. The molecule has 0 aromatic heterocycles. The Morgan fingerprint density at radius 1 is 1.14 bits per heavy atom. The third-order valence-electron chi connectivity index (χ3n) is 10.2. The van der Waals surface area contributed by atoms with E-state index in [1.165, 1.54) is 11.1 Å². The minimum Gasteiger partial charge on any atom is -0.491 e. The first-order chi connectivity index (χ1) is 20.1. The third-order valence-corrected chi connectivity index (χ3v) is 12.4. The van der Waals surface area contributed by atoms with Gasteiger partial charge in [-0.1, -0.05) is 44.4 Å². The second-order valence-corrected chi connectivity index (χ2v) is 15.4. The topological polar surface area (TPSA) is 84.9 Å². The number of carbonyl (C=O) groups is 1. The van der Waals surface area contributed by atoms with Crippen molar-refractivity contribution in [1.29, 1.82) is 0 Å². The number of hydrogen-bond donors (Lipinski definition) is 1. The van der Waals surface area contributed by atoms with Crippen LogP contribution in [-0.2, 0) is 14.8 Å². The number of halogens is 1. The summed E-state index contributed by atoms with van der Waals surface area (Å²) in [5.74, 6) is 1.14. The maximum atomic E-state index is 13.3. The molecule has 2 bridgehead atoms. The molecule has 1 amide bonds. The number of hydrogen-bond acceptors (Lipinski definition) is 6. The second kappa shape index (κ2) is 13.3. The summed E-state index contributed by atoms with van der Waals surface area (Å²) in [4.78, 5) is 15.7. The molecule has 7 nitrogen and oxygen atoms in total. The van der Waals surface area contributed by atoms with Crippen molar-refractivity contribution in [1.82, 2.24) is 4.72 Å². The van der Waals surface area contributed by atoms with Crippen LogP contribution in [0.1, 0.15) is 82.5 Å². The lowest BCUT2D eigenvalue weighted by Gasteiger charge is -2.44. The average molecular weight is 619 g/mol. The molecule has 4 aliphatic rings. The largest absolute Gasteiger partial charge is 0.491 e. The highest BCUT2D eigenvalue weighted by Crippen LogP contribution is 2.44. The van der Waals surface area contributed by atoms with Crippen molar-refractivity contribution < 1.29 is 22.7 Å². The van der Waals surface area contributed by atoms with Gasteiger partial charge >= 0.3 is 0 Å². The van der Waals surface area contributed by atoms with Crippen molar-refractivity contribution in [3.8, 4) is 5.75 Å². The Morgan fingerprint density at radius 3 is 2.67 bits per heavy atom. The van der Waals surface area contributed by atoms with Gasteiger partial charge in [0.1, 0.15) is 5.75 Å². The third kappa shape index (κ3) is 6.71. The van der Waals surface area contributed by atoms with E-state index in [9.17, 15) is 13.2 Å². The summed E-state index contributed by atoms with van der Waals surface area (Å²) < 4.78 is 41.3. The van der Waals surface area contributed by atoms with Gasteiger partial charge in [-0.25, -0.2) is 13.1 Å². The van der Waals surface area contributed by atoms with E-state index in [2.05, 4.69) is 28.7 Å². The molecule has 0 saturated heterocycles. The van der Waals surface area contributed by atoms with Gasteiger partial charge in [-0.2, -0.15) is 0 Å². The van der Waals surface area contributed by atoms with E-state index in [4.69, 9.17) is 21.1 Å². The summed E-state index contributed by atoms with van der Waals surface area (Å²) in [5, 5.41) is -0.665. The number of fused-ring (bicyclic) bond motifs is 2. The van der Waals surface area contributed by atoms with E-state index in [1.54, 1.807) is 13.0 Å². The summed E-state index contributed by atoms with van der Waals surface area (Å²) in [6, 6.07) is 5.31. The highest BCUT2D eigenvalue weighted by molar-refractivity contribution is 7.90. The number of sulfonamides is 1. The van der Waals surface area contributed by atoms with E-state index in [1.807, 2.05) is 26.2 Å². The number of nitrogens with one attached hydrogen (secondary N) is 1. The zero-order valence-corrected chi connectivity index (χ0v) is 27.1. The Balaban J connectivity index is 1.53. The van der Waals surface area contributed by atoms with Gasteiger partial charge in [0.2, 0.25) is 10.0 Å². The zero-order chi connectivity index (χ0) is 30.0. The van der Waals surface area contributed by atoms with Crippen molar-refractivity contribution in [2.24, 2.45) is 23.7 Å². The number of amides is 1. The number of benzene rings is 1. The number of nitrogens with zero attached hydrogens (tertiary/aromatic N) is 1. The Morgan fingerprint density at radius 2 is 1.95 bits per heavy atom. The molecule has 1 aromatic carbocycles. The predicted octanol–water partition coefficient (Wildman–Crippen LogP) is 6.47. The Labute approximate surface area is 257 Å². The SMILES string of the molecule is CCCC1=C(C2COc3ccc4cc3N(C2)CC2CCC2C(OC)CCCC(C)C(C)S(=O)(=O)NC4=O)C=CC(Cl)C1. The lowest BCUT2D eigenvalue weighted by Crippen LogP contribution is -2.45. The molecular weight excluding hydrogens is 572 g/mol. The molecule has 9 heteroatoms. The lowest BCUT2D eigenvalue weighted by molar-refractivity contribution is -0.0222. The van der Waals surface area contributed by atoms with Crippen LogP contribution in [0.2, 0.25) is 0 Å². The molecule has 1 fully saturated rings. The second-order valence-electron chi connectivity index (χ2n) is 12.8. The summed E-state index contributed by atoms with van der Waals surface area (Å²) in [5.41, 5.74) is 3.90. The van der Waals surface area contributed by atoms with Crippen molar-refractivity contribution in [2.75, 3.05) is 31.7 Å². The Hall–Kier alpha value is -2.03. The molecule has 1 N–H and O–H groups in total. The van der Waals surface area contributed by atoms with Gasteiger partial charge < -0.3 is 14.4 Å². The van der Waals surface area contributed by atoms with E-state index in [-0.39, 0.29) is 23.3 Å². The summed E-state index contributed by atoms with van der Waals surface area (Å²) in [6.07, 6.45) is 12.2. The van der Waals surface area contributed by atoms with Gasteiger partial charge in [-0.3, -0.25) is 4.79 Å². The Kier molecular flexibility index (Phi) is 9.95. The van der Waals surface area contributed by atoms with Gasteiger partial charge in [0, 0.05) is 31.7 Å². The standard InChI is InChI=1S/C33H47ClN2O5S/c1-5-7-23-16-27(34)12-14-28(23)26-19-36-18-25-10-13-29(25)31(40-4)9-6-8-21(2)22(3)42(38,39)35-33(37)24-11-15-32(41-20-26)30(36)17-24/h11-12,14-15,17,21-22,25-27,29,31H,5-10,13,16,18-20H2,1-4H3,(H,35,37). The van der Waals surface area contributed by atoms with Crippen LogP contribution in [0.3, 0.4) is 0 Å². The van der Waals surface area contributed by atoms with Crippen LogP contribution in [0.15, 0.2) is 41.5 Å². The lowest BCUT2D eigenvalue weighted by atomic mass is 9.69. The van der Waals surface area contributed by atoms with Crippen LogP contribution in [0.25, 0.3) is 0 Å². The highest BCUT2D eigenvalue weighted by Gasteiger charge is 2.40. The van der Waals surface area contributed by atoms with Crippen LogP contribution in [0, 0.1) is 23.7 Å². The van der Waals surface area contributed by atoms with Gasteiger partial charge in [0.05, 0.1) is 29.0 Å². The van der Waals surface area contributed by atoms with Crippen molar-refractivity contribution in [3.63, 3.8) is 0 Å². The van der Waals surface area contributed by atoms with Crippen LogP contribution >= 0.6 is 11.6 Å². The summed E-state index contributed by atoms with van der Waals surface area (Å²) >= 11 is 6.53. The predicted molar refractivity (Wildman–Crippen MR) is 169 cm³/mol. The van der Waals surface area contributed by atoms with Crippen LogP contribution in [0.4, 0.5) is 5.69 Å². The van der Waals surface area contributed by atoms with Crippen LogP contribution < -0.4 is 14.4 Å². The molecule has 7 unspecified atom stereocenters. The zero-order valence-electron chi connectivity index (χ0n) is 25.5. The number of alkyl halides is 1. The van der Waals surface area contributed by atoms with Gasteiger partial charge in [-0.15, -0.1) is 11.6 Å². The van der Waals surface area contributed by atoms with Crippen molar-refractivity contribution >= 4 is 33.2 Å².